The van der Waals surface area contributed by atoms with Crippen LogP contribution in [0.1, 0.15) is 32.4 Å². The van der Waals surface area contributed by atoms with Crippen molar-refractivity contribution in [3.05, 3.63) is 35.9 Å². The first-order valence-electron chi connectivity index (χ1n) is 7.96. The Labute approximate surface area is 124 Å². The van der Waals surface area contributed by atoms with Crippen molar-refractivity contribution in [2.24, 2.45) is 0 Å². The van der Waals surface area contributed by atoms with Crippen molar-refractivity contribution >= 4 is 0 Å². The maximum Gasteiger partial charge on any atom is 0.0473 e. The zero-order valence-corrected chi connectivity index (χ0v) is 13.2. The number of likely N-dealkylation sites (N-methyl/N-ethyl adjacent to an activating group) is 1. The third kappa shape index (κ3) is 4.05. The average Bonchev–Trinajstić information content (AvgIpc) is 2.49. The number of benzene rings is 1. The van der Waals surface area contributed by atoms with Gasteiger partial charge in [0.1, 0.15) is 0 Å². The highest BCUT2D eigenvalue weighted by molar-refractivity contribution is 5.19. The summed E-state index contributed by atoms with van der Waals surface area (Å²) in [6, 6.07) is 12.1. The monoisotopic (exact) mass is 275 g/mol. The van der Waals surface area contributed by atoms with Crippen LogP contribution in [0.25, 0.3) is 0 Å². The van der Waals surface area contributed by atoms with Gasteiger partial charge >= 0.3 is 0 Å². The van der Waals surface area contributed by atoms with Gasteiger partial charge in [-0.25, -0.2) is 0 Å². The highest BCUT2D eigenvalue weighted by Gasteiger charge is 2.25. The predicted molar refractivity (Wildman–Crippen MR) is 86.0 cm³/mol. The van der Waals surface area contributed by atoms with E-state index in [4.69, 9.17) is 0 Å². The summed E-state index contributed by atoms with van der Waals surface area (Å²) in [5.74, 6) is 0. The van der Waals surface area contributed by atoms with Crippen molar-refractivity contribution in [1.82, 2.24) is 15.1 Å². The van der Waals surface area contributed by atoms with E-state index in [1.54, 1.807) is 0 Å². The molecule has 1 atom stereocenters. The Bertz CT molecular complexity index is 369. The predicted octanol–water partition coefficient (Wildman–Crippen LogP) is 2.36. The van der Waals surface area contributed by atoms with E-state index in [-0.39, 0.29) is 0 Å². The normalized spacial score (nSPS) is 19.4. The molecule has 0 radical (unpaired) electrons. The third-order valence-electron chi connectivity index (χ3n) is 4.29. The smallest absolute Gasteiger partial charge is 0.0473 e. The Hall–Kier alpha value is -0.900. The Morgan fingerprint density at radius 1 is 1.00 bits per heavy atom. The second-order valence-corrected chi connectivity index (χ2v) is 5.90. The van der Waals surface area contributed by atoms with Crippen LogP contribution in [-0.2, 0) is 0 Å². The summed E-state index contributed by atoms with van der Waals surface area (Å²) < 4.78 is 0. The van der Waals surface area contributed by atoms with Gasteiger partial charge < -0.3 is 5.32 Å². The first kappa shape index (κ1) is 15.5. The quantitative estimate of drug-likeness (QED) is 0.860. The van der Waals surface area contributed by atoms with Crippen LogP contribution in [0.2, 0.25) is 0 Å². The zero-order chi connectivity index (χ0) is 14.4. The molecule has 3 nitrogen and oxygen atoms in total. The van der Waals surface area contributed by atoms with Crippen molar-refractivity contribution < 1.29 is 0 Å². The minimum Gasteiger partial charge on any atom is -0.315 e. The maximum atomic E-state index is 3.52. The summed E-state index contributed by atoms with van der Waals surface area (Å²) in [5.41, 5.74) is 1.44. The lowest BCUT2D eigenvalue weighted by Crippen LogP contribution is -2.51. The van der Waals surface area contributed by atoms with Crippen molar-refractivity contribution in [1.29, 1.82) is 0 Å². The van der Waals surface area contributed by atoms with Crippen LogP contribution >= 0.6 is 0 Å². The van der Waals surface area contributed by atoms with E-state index >= 15 is 0 Å². The van der Waals surface area contributed by atoms with Gasteiger partial charge in [0.25, 0.3) is 0 Å². The lowest BCUT2D eigenvalue weighted by Gasteiger charge is -2.41. The first-order chi connectivity index (χ1) is 9.72. The molecule has 20 heavy (non-hydrogen) atoms. The summed E-state index contributed by atoms with van der Waals surface area (Å²) in [4.78, 5) is 5.21. The molecule has 1 aliphatic rings. The van der Waals surface area contributed by atoms with Gasteiger partial charge in [0.2, 0.25) is 0 Å². The number of nitrogens with one attached hydrogen (secondary N) is 1. The molecule has 1 fully saturated rings. The van der Waals surface area contributed by atoms with E-state index in [0.717, 1.165) is 13.1 Å². The van der Waals surface area contributed by atoms with Crippen molar-refractivity contribution in [2.45, 2.75) is 32.9 Å². The maximum absolute atomic E-state index is 3.52. The highest BCUT2D eigenvalue weighted by atomic mass is 15.3. The summed E-state index contributed by atoms with van der Waals surface area (Å²) >= 11 is 0. The molecule has 0 aliphatic carbocycles. The first-order valence-corrected chi connectivity index (χ1v) is 7.96. The number of hydrogen-bond donors (Lipinski definition) is 1. The lowest BCUT2D eigenvalue weighted by molar-refractivity contribution is 0.0775. The van der Waals surface area contributed by atoms with Crippen LogP contribution < -0.4 is 5.32 Å². The molecule has 0 amide bonds. The standard InChI is InChI=1S/C17H29N3/c1-4-18-14-17(16-8-6-5-7-9-16)20-12-10-19(11-13-20)15(2)3/h5-9,15,17-18H,4,10-14H2,1-3H3. The number of rotatable bonds is 6. The highest BCUT2D eigenvalue weighted by Crippen LogP contribution is 2.22. The third-order valence-corrected chi connectivity index (χ3v) is 4.29. The second kappa shape index (κ2) is 7.77. The van der Waals surface area contributed by atoms with Gasteiger partial charge in [-0.05, 0) is 26.0 Å². The molecule has 3 heteroatoms. The molecule has 112 valence electrons. The van der Waals surface area contributed by atoms with Crippen molar-refractivity contribution in [3.8, 4) is 0 Å². The van der Waals surface area contributed by atoms with Gasteiger partial charge in [-0.15, -0.1) is 0 Å². The van der Waals surface area contributed by atoms with Gasteiger partial charge in [0.05, 0.1) is 0 Å². The van der Waals surface area contributed by atoms with Gasteiger partial charge in [0, 0.05) is 44.8 Å². The molecule has 2 rings (SSSR count). The molecule has 0 saturated carbocycles. The largest absolute Gasteiger partial charge is 0.315 e. The molecule has 1 heterocycles. The lowest BCUT2D eigenvalue weighted by atomic mass is 10.0. The minimum atomic E-state index is 0.505. The van der Waals surface area contributed by atoms with Crippen LogP contribution in [-0.4, -0.2) is 55.1 Å². The minimum absolute atomic E-state index is 0.505. The molecule has 1 N–H and O–H groups in total. The molecule has 1 aromatic carbocycles. The number of hydrogen-bond acceptors (Lipinski definition) is 3. The van der Waals surface area contributed by atoms with E-state index in [0.29, 0.717) is 12.1 Å². The van der Waals surface area contributed by atoms with Crippen LogP contribution in [0.3, 0.4) is 0 Å². The molecule has 1 saturated heterocycles. The Kier molecular flexibility index (Phi) is 6.02. The molecule has 1 aliphatic heterocycles. The molecule has 0 aromatic heterocycles. The Balaban J connectivity index is 2.01. The molecular weight excluding hydrogens is 246 g/mol. The Morgan fingerprint density at radius 2 is 1.60 bits per heavy atom. The Morgan fingerprint density at radius 3 is 2.15 bits per heavy atom. The number of piperazine rings is 1. The fourth-order valence-electron chi connectivity index (χ4n) is 2.98. The van der Waals surface area contributed by atoms with E-state index in [1.807, 2.05) is 0 Å². The summed E-state index contributed by atoms with van der Waals surface area (Å²) in [6.07, 6.45) is 0. The van der Waals surface area contributed by atoms with Crippen LogP contribution in [0, 0.1) is 0 Å². The molecule has 1 aromatic rings. The van der Waals surface area contributed by atoms with Gasteiger partial charge in [-0.1, -0.05) is 37.3 Å². The average molecular weight is 275 g/mol. The molecular formula is C17H29N3. The number of nitrogens with zero attached hydrogens (tertiary/aromatic N) is 2. The summed E-state index contributed by atoms with van der Waals surface area (Å²) in [5, 5.41) is 3.52. The fourth-order valence-corrected chi connectivity index (χ4v) is 2.98. The molecule has 0 spiro atoms. The van der Waals surface area contributed by atoms with E-state index in [9.17, 15) is 0 Å². The van der Waals surface area contributed by atoms with E-state index < -0.39 is 0 Å². The van der Waals surface area contributed by atoms with Crippen LogP contribution in [0.4, 0.5) is 0 Å². The summed E-state index contributed by atoms with van der Waals surface area (Å²) in [6.45, 7) is 13.6. The van der Waals surface area contributed by atoms with Gasteiger partial charge in [-0.3, -0.25) is 9.80 Å². The zero-order valence-electron chi connectivity index (χ0n) is 13.2. The van der Waals surface area contributed by atoms with Crippen LogP contribution in [0.15, 0.2) is 30.3 Å². The molecule has 1 unspecified atom stereocenters. The van der Waals surface area contributed by atoms with Crippen molar-refractivity contribution in [3.63, 3.8) is 0 Å². The topological polar surface area (TPSA) is 18.5 Å². The fraction of sp³-hybridized carbons (Fsp3) is 0.647. The summed E-state index contributed by atoms with van der Waals surface area (Å²) in [7, 11) is 0. The van der Waals surface area contributed by atoms with Gasteiger partial charge in [0.15, 0.2) is 0 Å². The van der Waals surface area contributed by atoms with E-state index in [2.05, 4.69) is 66.2 Å². The molecule has 0 bridgehead atoms. The second-order valence-electron chi connectivity index (χ2n) is 5.90. The van der Waals surface area contributed by atoms with E-state index in [1.165, 1.54) is 31.7 Å². The van der Waals surface area contributed by atoms with Gasteiger partial charge in [-0.2, -0.15) is 0 Å². The van der Waals surface area contributed by atoms with Crippen LogP contribution in [0.5, 0.6) is 0 Å². The van der Waals surface area contributed by atoms with Crippen molar-refractivity contribution in [2.75, 3.05) is 39.3 Å². The SMILES string of the molecule is CCNCC(c1ccccc1)N1CCN(C(C)C)CC1.